The zero-order valence-electron chi connectivity index (χ0n) is 8.01. The summed E-state index contributed by atoms with van der Waals surface area (Å²) < 4.78 is 3.41. The number of aryl methyl sites for hydroxylation is 1. The first-order valence-corrected chi connectivity index (χ1v) is 5.32. The summed E-state index contributed by atoms with van der Waals surface area (Å²) in [4.78, 5) is 0. The monoisotopic (exact) mass is 209 g/mol. The zero-order chi connectivity index (χ0) is 10.1. The highest BCUT2D eigenvalue weighted by Gasteiger charge is 2.08. The number of nitrogen functional groups attached to an aromatic ring is 1. The van der Waals surface area contributed by atoms with Crippen molar-refractivity contribution in [3.05, 3.63) is 18.3 Å². The summed E-state index contributed by atoms with van der Waals surface area (Å²) in [6, 6.07) is 3.71. The quantitative estimate of drug-likeness (QED) is 0.747. The van der Waals surface area contributed by atoms with E-state index in [4.69, 9.17) is 5.73 Å². The number of thioether (sulfide) groups is 1. The minimum absolute atomic E-state index is 0.623. The number of nitrogens with zero attached hydrogens (tertiary/aromatic N) is 4. The summed E-state index contributed by atoms with van der Waals surface area (Å²) in [6.07, 6.45) is 3.69. The standard InChI is InChI=1S/C8H11N5S/c1-12-8(3-4-10-12)13-6(9)5-7(11-13)14-2/h3-5H,9H2,1-2H3. The topological polar surface area (TPSA) is 61.7 Å². The van der Waals surface area contributed by atoms with Crippen LogP contribution in [0.2, 0.25) is 0 Å². The van der Waals surface area contributed by atoms with Gasteiger partial charge in [0, 0.05) is 19.2 Å². The number of hydrogen-bond acceptors (Lipinski definition) is 4. The summed E-state index contributed by atoms with van der Waals surface area (Å²) in [7, 11) is 1.86. The molecule has 0 fully saturated rings. The molecule has 0 bridgehead atoms. The van der Waals surface area contributed by atoms with Crippen molar-refractivity contribution in [3.8, 4) is 5.82 Å². The number of aromatic nitrogens is 4. The minimum Gasteiger partial charge on any atom is -0.383 e. The molecule has 6 heteroatoms. The lowest BCUT2D eigenvalue weighted by molar-refractivity contribution is 0.694. The van der Waals surface area contributed by atoms with Crippen LogP contribution in [-0.4, -0.2) is 25.8 Å². The van der Waals surface area contributed by atoms with Gasteiger partial charge in [-0.3, -0.25) is 4.68 Å². The van der Waals surface area contributed by atoms with Gasteiger partial charge in [0.05, 0.1) is 6.20 Å². The zero-order valence-corrected chi connectivity index (χ0v) is 8.82. The van der Waals surface area contributed by atoms with Crippen molar-refractivity contribution in [2.75, 3.05) is 12.0 Å². The third kappa shape index (κ3) is 1.37. The van der Waals surface area contributed by atoms with Crippen molar-refractivity contribution >= 4 is 17.6 Å². The lowest BCUT2D eigenvalue weighted by atomic mass is 10.6. The van der Waals surface area contributed by atoms with Gasteiger partial charge >= 0.3 is 0 Å². The number of anilines is 1. The van der Waals surface area contributed by atoms with E-state index in [2.05, 4.69) is 10.2 Å². The van der Waals surface area contributed by atoms with Gasteiger partial charge in [-0.25, -0.2) is 0 Å². The molecule has 0 aliphatic heterocycles. The van der Waals surface area contributed by atoms with E-state index < -0.39 is 0 Å². The van der Waals surface area contributed by atoms with Crippen LogP contribution < -0.4 is 5.73 Å². The Morgan fingerprint density at radius 1 is 1.50 bits per heavy atom. The maximum atomic E-state index is 5.82. The number of rotatable bonds is 2. The van der Waals surface area contributed by atoms with Crippen LogP contribution >= 0.6 is 11.8 Å². The fraction of sp³-hybridized carbons (Fsp3) is 0.250. The van der Waals surface area contributed by atoms with Crippen molar-refractivity contribution in [2.45, 2.75) is 5.03 Å². The molecule has 2 aromatic heterocycles. The van der Waals surface area contributed by atoms with Gasteiger partial charge in [0.1, 0.15) is 10.8 Å². The Bertz CT molecular complexity index is 444. The first kappa shape index (κ1) is 9.14. The lowest BCUT2D eigenvalue weighted by Gasteiger charge is -2.02. The molecule has 0 radical (unpaired) electrons. The van der Waals surface area contributed by atoms with Crippen molar-refractivity contribution in [2.24, 2.45) is 7.05 Å². The van der Waals surface area contributed by atoms with Crippen LogP contribution in [0.5, 0.6) is 0 Å². The molecular formula is C8H11N5S. The predicted molar refractivity (Wildman–Crippen MR) is 56.5 cm³/mol. The molecule has 0 atom stereocenters. The molecule has 5 nitrogen and oxygen atoms in total. The van der Waals surface area contributed by atoms with Gasteiger partial charge in [-0.1, -0.05) is 0 Å². The van der Waals surface area contributed by atoms with E-state index in [1.165, 1.54) is 0 Å². The summed E-state index contributed by atoms with van der Waals surface area (Å²) in [5.74, 6) is 1.49. The van der Waals surface area contributed by atoms with Gasteiger partial charge in [0.15, 0.2) is 5.82 Å². The van der Waals surface area contributed by atoms with Gasteiger partial charge in [0.2, 0.25) is 0 Å². The Balaban J connectivity index is 2.51. The molecule has 14 heavy (non-hydrogen) atoms. The molecule has 0 saturated carbocycles. The van der Waals surface area contributed by atoms with Crippen molar-refractivity contribution in [1.29, 1.82) is 0 Å². The summed E-state index contributed by atoms with van der Waals surface area (Å²) in [5, 5.41) is 9.29. The maximum absolute atomic E-state index is 5.82. The van der Waals surface area contributed by atoms with Crippen LogP contribution in [0.4, 0.5) is 5.82 Å². The Hall–Kier alpha value is -1.43. The van der Waals surface area contributed by atoms with Crippen LogP contribution in [0.15, 0.2) is 23.4 Å². The third-order valence-electron chi connectivity index (χ3n) is 1.94. The smallest absolute Gasteiger partial charge is 0.154 e. The average Bonchev–Trinajstić information content (AvgIpc) is 2.72. The van der Waals surface area contributed by atoms with E-state index in [9.17, 15) is 0 Å². The van der Waals surface area contributed by atoms with E-state index in [1.807, 2.05) is 25.4 Å². The van der Waals surface area contributed by atoms with Gasteiger partial charge < -0.3 is 5.73 Å². The van der Waals surface area contributed by atoms with Gasteiger partial charge in [-0.05, 0) is 6.26 Å². The van der Waals surface area contributed by atoms with Crippen LogP contribution in [0.1, 0.15) is 0 Å². The van der Waals surface area contributed by atoms with Gasteiger partial charge in [-0.2, -0.15) is 14.9 Å². The molecule has 0 aliphatic carbocycles. The molecule has 0 aliphatic rings. The first-order chi connectivity index (χ1) is 6.72. The Morgan fingerprint density at radius 2 is 2.29 bits per heavy atom. The van der Waals surface area contributed by atoms with Gasteiger partial charge in [0.25, 0.3) is 0 Å². The molecule has 74 valence electrons. The molecular weight excluding hydrogens is 198 g/mol. The van der Waals surface area contributed by atoms with Crippen LogP contribution in [0, 0.1) is 0 Å². The first-order valence-electron chi connectivity index (χ1n) is 4.10. The summed E-state index contributed by atoms with van der Waals surface area (Å²) >= 11 is 1.57. The Kier molecular flexibility index (Phi) is 2.20. The largest absolute Gasteiger partial charge is 0.383 e. The summed E-state index contributed by atoms with van der Waals surface area (Å²) in [5.41, 5.74) is 5.82. The highest BCUT2D eigenvalue weighted by atomic mass is 32.2. The average molecular weight is 209 g/mol. The molecule has 2 aromatic rings. The Morgan fingerprint density at radius 3 is 2.79 bits per heavy atom. The fourth-order valence-corrected chi connectivity index (χ4v) is 1.63. The molecule has 0 saturated heterocycles. The fourth-order valence-electron chi connectivity index (χ4n) is 1.23. The second-order valence-electron chi connectivity index (χ2n) is 2.84. The second kappa shape index (κ2) is 3.38. The number of hydrogen-bond donors (Lipinski definition) is 1. The van der Waals surface area contributed by atoms with Crippen LogP contribution in [-0.2, 0) is 7.05 Å². The van der Waals surface area contributed by atoms with E-state index in [0.29, 0.717) is 5.82 Å². The normalized spacial score (nSPS) is 10.7. The van der Waals surface area contributed by atoms with Crippen molar-refractivity contribution in [3.63, 3.8) is 0 Å². The molecule has 0 amide bonds. The summed E-state index contributed by atoms with van der Waals surface area (Å²) in [6.45, 7) is 0. The van der Waals surface area contributed by atoms with Crippen molar-refractivity contribution in [1.82, 2.24) is 19.6 Å². The SMILES string of the molecule is CSc1cc(N)n(-c2ccnn2C)n1. The second-order valence-corrected chi connectivity index (χ2v) is 3.66. The van der Waals surface area contributed by atoms with E-state index in [-0.39, 0.29) is 0 Å². The Labute approximate surface area is 85.9 Å². The molecule has 2 heterocycles. The molecule has 2 rings (SSSR count). The molecule has 0 spiro atoms. The molecule has 0 aromatic carbocycles. The maximum Gasteiger partial charge on any atom is 0.154 e. The van der Waals surface area contributed by atoms with E-state index in [0.717, 1.165) is 10.8 Å². The van der Waals surface area contributed by atoms with Gasteiger partial charge in [-0.15, -0.1) is 11.8 Å². The highest BCUT2D eigenvalue weighted by molar-refractivity contribution is 7.98. The minimum atomic E-state index is 0.623. The van der Waals surface area contributed by atoms with Crippen molar-refractivity contribution < 1.29 is 0 Å². The third-order valence-corrected chi connectivity index (χ3v) is 2.55. The lowest BCUT2D eigenvalue weighted by Crippen LogP contribution is -2.07. The van der Waals surface area contributed by atoms with Crippen LogP contribution in [0.3, 0.4) is 0 Å². The predicted octanol–water partition coefficient (Wildman–Crippen LogP) is 0.910. The van der Waals surface area contributed by atoms with Crippen LogP contribution in [0.25, 0.3) is 5.82 Å². The molecule has 2 N–H and O–H groups in total. The highest BCUT2D eigenvalue weighted by Crippen LogP contribution is 2.19. The van der Waals surface area contributed by atoms with E-state index >= 15 is 0 Å². The molecule has 0 unspecified atom stereocenters. The van der Waals surface area contributed by atoms with E-state index in [1.54, 1.807) is 27.3 Å². The number of nitrogens with two attached hydrogens (primary N) is 1.